The number of benzene rings is 2. The zero-order valence-electron chi connectivity index (χ0n) is 12.5. The minimum atomic E-state index is 0.207. The Morgan fingerprint density at radius 2 is 2.05 bits per heavy atom. The number of nitrogens with zero attached hydrogens (tertiary/aromatic N) is 1. The summed E-state index contributed by atoms with van der Waals surface area (Å²) < 4.78 is 5.86. The van der Waals surface area contributed by atoms with Gasteiger partial charge in [-0.15, -0.1) is 0 Å². The number of rotatable bonds is 4. The van der Waals surface area contributed by atoms with Gasteiger partial charge in [0, 0.05) is 18.3 Å². The molecule has 0 saturated carbocycles. The van der Waals surface area contributed by atoms with Crippen LogP contribution in [0.15, 0.2) is 48.5 Å². The number of ether oxygens (including phenoxy) is 1. The molecule has 0 amide bonds. The van der Waals surface area contributed by atoms with Crippen LogP contribution in [0.1, 0.15) is 11.1 Å². The molecule has 1 heterocycles. The van der Waals surface area contributed by atoms with Crippen LogP contribution in [-0.2, 0) is 6.42 Å². The average Bonchev–Trinajstić information content (AvgIpc) is 2.47. The van der Waals surface area contributed by atoms with Crippen molar-refractivity contribution in [3.8, 4) is 5.75 Å². The minimum absolute atomic E-state index is 0.207. The molecule has 0 spiro atoms. The standard InChI is InChI=1S/C18H22N2O/c1-14-5-4-7-17(11-14)21-10-9-20-13-16(19)12-15-6-2-3-8-18(15)20/h2-8,11,16H,9-10,12-13,19H2,1H3. The predicted octanol–water partition coefficient (Wildman–Crippen LogP) is 2.76. The van der Waals surface area contributed by atoms with Crippen molar-refractivity contribution in [2.24, 2.45) is 5.73 Å². The third-order valence-corrected chi connectivity index (χ3v) is 3.89. The van der Waals surface area contributed by atoms with Crippen LogP contribution in [0.5, 0.6) is 5.75 Å². The summed E-state index contributed by atoms with van der Waals surface area (Å²) in [7, 11) is 0. The number of para-hydroxylation sites is 1. The van der Waals surface area contributed by atoms with E-state index in [1.807, 2.05) is 12.1 Å². The molecule has 0 saturated heterocycles. The lowest BCUT2D eigenvalue weighted by atomic mass is 9.98. The molecule has 2 aromatic rings. The quantitative estimate of drug-likeness (QED) is 0.937. The first kappa shape index (κ1) is 14.0. The maximum absolute atomic E-state index is 6.16. The minimum Gasteiger partial charge on any atom is -0.492 e. The smallest absolute Gasteiger partial charge is 0.119 e. The van der Waals surface area contributed by atoms with E-state index in [1.54, 1.807) is 0 Å². The molecule has 0 aliphatic carbocycles. The molecule has 0 aromatic heterocycles. The molecule has 2 N–H and O–H groups in total. The molecule has 3 rings (SSSR count). The lowest BCUT2D eigenvalue weighted by Gasteiger charge is -2.34. The molecular weight excluding hydrogens is 260 g/mol. The van der Waals surface area contributed by atoms with Crippen LogP contribution in [0, 0.1) is 6.92 Å². The summed E-state index contributed by atoms with van der Waals surface area (Å²) in [5.41, 5.74) is 10.0. The van der Waals surface area contributed by atoms with E-state index in [2.05, 4.69) is 48.2 Å². The van der Waals surface area contributed by atoms with Crippen molar-refractivity contribution in [3.63, 3.8) is 0 Å². The monoisotopic (exact) mass is 282 g/mol. The molecule has 0 radical (unpaired) electrons. The van der Waals surface area contributed by atoms with Gasteiger partial charge in [0.2, 0.25) is 0 Å². The van der Waals surface area contributed by atoms with E-state index in [1.165, 1.54) is 16.8 Å². The maximum atomic E-state index is 6.16. The van der Waals surface area contributed by atoms with Crippen LogP contribution in [0.4, 0.5) is 5.69 Å². The van der Waals surface area contributed by atoms with E-state index < -0.39 is 0 Å². The molecule has 3 heteroatoms. The number of hydrogen-bond donors (Lipinski definition) is 1. The van der Waals surface area contributed by atoms with Gasteiger partial charge in [-0.25, -0.2) is 0 Å². The Bertz CT molecular complexity index is 612. The second kappa shape index (κ2) is 6.19. The third-order valence-electron chi connectivity index (χ3n) is 3.89. The second-order valence-corrected chi connectivity index (χ2v) is 5.70. The van der Waals surface area contributed by atoms with Crippen LogP contribution < -0.4 is 15.4 Å². The molecular formula is C18H22N2O. The highest BCUT2D eigenvalue weighted by atomic mass is 16.5. The first-order chi connectivity index (χ1) is 10.2. The summed E-state index contributed by atoms with van der Waals surface area (Å²) >= 11 is 0. The average molecular weight is 282 g/mol. The van der Waals surface area contributed by atoms with Gasteiger partial charge in [0.1, 0.15) is 12.4 Å². The fraction of sp³-hybridized carbons (Fsp3) is 0.333. The summed E-state index contributed by atoms with van der Waals surface area (Å²) in [4.78, 5) is 2.33. The fourth-order valence-electron chi connectivity index (χ4n) is 2.91. The van der Waals surface area contributed by atoms with Crippen LogP contribution in [0.25, 0.3) is 0 Å². The summed E-state index contributed by atoms with van der Waals surface area (Å²) in [6.45, 7) is 4.50. The van der Waals surface area contributed by atoms with Gasteiger partial charge in [-0.05, 0) is 42.7 Å². The Morgan fingerprint density at radius 1 is 1.19 bits per heavy atom. The summed E-state index contributed by atoms with van der Waals surface area (Å²) in [6.07, 6.45) is 0.964. The number of fused-ring (bicyclic) bond motifs is 1. The summed E-state index contributed by atoms with van der Waals surface area (Å²) in [5, 5.41) is 0. The van der Waals surface area contributed by atoms with Crippen molar-refractivity contribution in [1.82, 2.24) is 0 Å². The van der Waals surface area contributed by atoms with Gasteiger partial charge in [-0.3, -0.25) is 0 Å². The van der Waals surface area contributed by atoms with Crippen molar-refractivity contribution < 1.29 is 4.74 Å². The summed E-state index contributed by atoms with van der Waals surface area (Å²) in [5.74, 6) is 0.935. The van der Waals surface area contributed by atoms with Crippen LogP contribution in [0.2, 0.25) is 0 Å². The Balaban J connectivity index is 1.63. The van der Waals surface area contributed by atoms with Gasteiger partial charge in [-0.2, -0.15) is 0 Å². The normalized spacial score (nSPS) is 17.4. The van der Waals surface area contributed by atoms with Gasteiger partial charge in [0.15, 0.2) is 0 Å². The largest absolute Gasteiger partial charge is 0.492 e. The van der Waals surface area contributed by atoms with Crippen molar-refractivity contribution in [1.29, 1.82) is 0 Å². The van der Waals surface area contributed by atoms with Gasteiger partial charge in [-0.1, -0.05) is 30.3 Å². The van der Waals surface area contributed by atoms with E-state index >= 15 is 0 Å². The van der Waals surface area contributed by atoms with Crippen molar-refractivity contribution in [2.45, 2.75) is 19.4 Å². The number of aryl methyl sites for hydroxylation is 1. The molecule has 2 aromatic carbocycles. The molecule has 1 unspecified atom stereocenters. The van der Waals surface area contributed by atoms with Gasteiger partial charge >= 0.3 is 0 Å². The lowest BCUT2D eigenvalue weighted by Crippen LogP contribution is -2.44. The molecule has 110 valence electrons. The van der Waals surface area contributed by atoms with E-state index in [4.69, 9.17) is 10.5 Å². The third kappa shape index (κ3) is 3.37. The first-order valence-corrected chi connectivity index (χ1v) is 7.50. The molecule has 0 fully saturated rings. The van der Waals surface area contributed by atoms with Crippen LogP contribution in [-0.4, -0.2) is 25.7 Å². The van der Waals surface area contributed by atoms with Gasteiger partial charge < -0.3 is 15.4 Å². The fourth-order valence-corrected chi connectivity index (χ4v) is 2.91. The molecule has 3 nitrogen and oxygen atoms in total. The Morgan fingerprint density at radius 3 is 2.90 bits per heavy atom. The molecule has 1 atom stereocenters. The zero-order chi connectivity index (χ0) is 14.7. The van der Waals surface area contributed by atoms with Crippen molar-refractivity contribution in [2.75, 3.05) is 24.6 Å². The number of nitrogens with two attached hydrogens (primary N) is 1. The Labute approximate surface area is 126 Å². The molecule has 1 aliphatic heterocycles. The van der Waals surface area contributed by atoms with Crippen molar-refractivity contribution in [3.05, 3.63) is 59.7 Å². The van der Waals surface area contributed by atoms with E-state index in [0.29, 0.717) is 6.61 Å². The topological polar surface area (TPSA) is 38.5 Å². The van der Waals surface area contributed by atoms with E-state index in [0.717, 1.165) is 25.3 Å². The predicted molar refractivity (Wildman–Crippen MR) is 87.0 cm³/mol. The van der Waals surface area contributed by atoms with Gasteiger partial charge in [0.25, 0.3) is 0 Å². The lowest BCUT2D eigenvalue weighted by molar-refractivity contribution is 0.321. The van der Waals surface area contributed by atoms with Crippen LogP contribution >= 0.6 is 0 Å². The summed E-state index contributed by atoms with van der Waals surface area (Å²) in [6, 6.07) is 16.9. The first-order valence-electron chi connectivity index (χ1n) is 7.50. The van der Waals surface area contributed by atoms with E-state index in [-0.39, 0.29) is 6.04 Å². The van der Waals surface area contributed by atoms with Gasteiger partial charge in [0.05, 0.1) is 6.54 Å². The molecule has 21 heavy (non-hydrogen) atoms. The highest BCUT2D eigenvalue weighted by Gasteiger charge is 2.21. The Hall–Kier alpha value is -2.00. The second-order valence-electron chi connectivity index (χ2n) is 5.70. The van der Waals surface area contributed by atoms with E-state index in [9.17, 15) is 0 Å². The highest BCUT2D eigenvalue weighted by molar-refractivity contribution is 5.56. The SMILES string of the molecule is Cc1cccc(OCCN2CC(N)Cc3ccccc32)c1. The number of anilines is 1. The highest BCUT2D eigenvalue weighted by Crippen LogP contribution is 2.26. The molecule has 0 bridgehead atoms. The zero-order valence-corrected chi connectivity index (χ0v) is 12.5. The van der Waals surface area contributed by atoms with Crippen LogP contribution in [0.3, 0.4) is 0 Å². The molecule has 1 aliphatic rings. The number of hydrogen-bond acceptors (Lipinski definition) is 3. The van der Waals surface area contributed by atoms with Crippen molar-refractivity contribution >= 4 is 5.69 Å². The Kier molecular flexibility index (Phi) is 4.11. The maximum Gasteiger partial charge on any atom is 0.119 e.